The third-order valence-electron chi connectivity index (χ3n) is 5.24. The minimum atomic E-state index is -1.55. The van der Waals surface area contributed by atoms with E-state index < -0.39 is 29.6 Å². The van der Waals surface area contributed by atoms with Gasteiger partial charge >= 0.3 is 11.9 Å². The Kier molecular flexibility index (Phi) is 7.06. The van der Waals surface area contributed by atoms with Crippen LogP contribution in [0, 0.1) is 12.3 Å². The predicted octanol–water partition coefficient (Wildman–Crippen LogP) is 4.65. The molecule has 1 saturated heterocycles. The molecule has 30 heavy (non-hydrogen) atoms. The van der Waals surface area contributed by atoms with E-state index in [9.17, 15) is 9.59 Å². The van der Waals surface area contributed by atoms with Gasteiger partial charge in [-0.3, -0.25) is 9.59 Å². The highest BCUT2D eigenvalue weighted by Crippen LogP contribution is 2.50. The van der Waals surface area contributed by atoms with Gasteiger partial charge in [0.05, 0.1) is 19.3 Å². The summed E-state index contributed by atoms with van der Waals surface area (Å²) in [5.74, 6) is -1.21. The lowest BCUT2D eigenvalue weighted by molar-refractivity contribution is -0.176. The normalized spacial score (nSPS) is 20.2. The van der Waals surface area contributed by atoms with E-state index >= 15 is 0 Å². The summed E-state index contributed by atoms with van der Waals surface area (Å²) in [6.07, 6.45) is 2.75. The predicted molar refractivity (Wildman–Crippen MR) is 115 cm³/mol. The molecule has 1 aliphatic rings. The van der Waals surface area contributed by atoms with Crippen LogP contribution in [0.3, 0.4) is 0 Å². The van der Waals surface area contributed by atoms with Gasteiger partial charge in [0.2, 0.25) is 0 Å². The molecule has 158 valence electrons. The van der Waals surface area contributed by atoms with Crippen molar-refractivity contribution in [3.8, 4) is 0 Å². The van der Waals surface area contributed by atoms with Crippen molar-refractivity contribution >= 4 is 18.0 Å². The summed E-state index contributed by atoms with van der Waals surface area (Å²) in [7, 11) is 0. The van der Waals surface area contributed by atoms with Gasteiger partial charge < -0.3 is 14.2 Å². The van der Waals surface area contributed by atoms with Gasteiger partial charge in [-0.15, -0.1) is 0 Å². The first kappa shape index (κ1) is 21.8. The molecule has 0 aromatic heterocycles. The summed E-state index contributed by atoms with van der Waals surface area (Å²) >= 11 is 0. The fraction of sp³-hybridized carbons (Fsp3) is 0.360. The molecule has 1 fully saturated rings. The third-order valence-corrected chi connectivity index (χ3v) is 5.24. The van der Waals surface area contributed by atoms with Crippen LogP contribution in [0.5, 0.6) is 0 Å². The zero-order chi connectivity index (χ0) is 21.6. The van der Waals surface area contributed by atoms with Crippen LogP contribution < -0.4 is 0 Å². The van der Waals surface area contributed by atoms with Gasteiger partial charge in [0, 0.05) is 6.42 Å². The van der Waals surface area contributed by atoms with Crippen LogP contribution in [-0.2, 0) is 23.8 Å². The van der Waals surface area contributed by atoms with Crippen LogP contribution in [0.2, 0.25) is 0 Å². The summed E-state index contributed by atoms with van der Waals surface area (Å²) < 4.78 is 17.0. The van der Waals surface area contributed by atoms with Crippen molar-refractivity contribution in [3.05, 3.63) is 77.4 Å². The van der Waals surface area contributed by atoms with E-state index in [1.165, 1.54) is 0 Å². The smallest absolute Gasteiger partial charge is 0.326 e. The number of carbonyl (C=O) groups is 2. The van der Waals surface area contributed by atoms with Gasteiger partial charge in [-0.2, -0.15) is 0 Å². The van der Waals surface area contributed by atoms with E-state index in [1.807, 2.05) is 73.7 Å². The second-order valence-electron chi connectivity index (χ2n) is 7.35. The van der Waals surface area contributed by atoms with Crippen LogP contribution in [0.4, 0.5) is 0 Å². The molecule has 1 heterocycles. The van der Waals surface area contributed by atoms with Gasteiger partial charge in [-0.25, -0.2) is 0 Å². The molecule has 0 saturated carbocycles. The van der Waals surface area contributed by atoms with Crippen molar-refractivity contribution in [2.75, 3.05) is 13.2 Å². The second kappa shape index (κ2) is 9.72. The van der Waals surface area contributed by atoms with Gasteiger partial charge in [0.1, 0.15) is 6.10 Å². The number of carbonyl (C=O) groups excluding carboxylic acids is 2. The van der Waals surface area contributed by atoms with Crippen LogP contribution >= 0.6 is 0 Å². The molecule has 0 aliphatic carbocycles. The largest absolute Gasteiger partial charge is 0.465 e. The van der Waals surface area contributed by atoms with E-state index in [0.29, 0.717) is 0 Å². The summed E-state index contributed by atoms with van der Waals surface area (Å²) in [5, 5.41) is 0. The van der Waals surface area contributed by atoms with Gasteiger partial charge in [0.25, 0.3) is 0 Å². The zero-order valence-corrected chi connectivity index (χ0v) is 17.7. The van der Waals surface area contributed by atoms with Crippen LogP contribution in [-0.4, -0.2) is 31.3 Å². The molecule has 0 N–H and O–H groups in total. The number of aryl methyl sites for hydroxylation is 1. The van der Waals surface area contributed by atoms with Crippen molar-refractivity contribution in [1.82, 2.24) is 0 Å². The van der Waals surface area contributed by atoms with Crippen molar-refractivity contribution in [3.63, 3.8) is 0 Å². The first-order valence-electron chi connectivity index (χ1n) is 10.3. The Morgan fingerprint density at radius 3 is 2.17 bits per heavy atom. The Bertz CT molecular complexity index is 868. The first-order chi connectivity index (χ1) is 14.5. The molecule has 0 radical (unpaired) electrons. The van der Waals surface area contributed by atoms with Crippen LogP contribution in [0.25, 0.3) is 6.08 Å². The van der Waals surface area contributed by atoms with E-state index in [0.717, 1.165) is 16.7 Å². The molecular formula is C25H28O5. The van der Waals surface area contributed by atoms with Gasteiger partial charge in [-0.05, 0) is 31.9 Å². The molecule has 0 spiro atoms. The van der Waals surface area contributed by atoms with E-state index in [1.54, 1.807) is 13.8 Å². The minimum absolute atomic E-state index is 0.159. The van der Waals surface area contributed by atoms with Crippen molar-refractivity contribution in [2.45, 2.75) is 39.4 Å². The topological polar surface area (TPSA) is 61.8 Å². The quantitative estimate of drug-likeness (QED) is 0.493. The second-order valence-corrected chi connectivity index (χ2v) is 7.35. The maximum atomic E-state index is 13.1. The fourth-order valence-electron chi connectivity index (χ4n) is 3.75. The summed E-state index contributed by atoms with van der Waals surface area (Å²) in [6, 6.07) is 17.5. The fourth-order valence-corrected chi connectivity index (χ4v) is 3.75. The molecule has 2 aromatic rings. The van der Waals surface area contributed by atoms with E-state index in [-0.39, 0.29) is 19.6 Å². The number of hydrogen-bond acceptors (Lipinski definition) is 5. The lowest BCUT2D eigenvalue weighted by Crippen LogP contribution is -2.44. The zero-order valence-electron chi connectivity index (χ0n) is 17.7. The third kappa shape index (κ3) is 4.46. The van der Waals surface area contributed by atoms with E-state index in [4.69, 9.17) is 14.2 Å². The van der Waals surface area contributed by atoms with E-state index in [2.05, 4.69) is 0 Å². The minimum Gasteiger partial charge on any atom is -0.465 e. The monoisotopic (exact) mass is 408 g/mol. The Morgan fingerprint density at radius 2 is 1.60 bits per heavy atom. The number of rotatable bonds is 7. The lowest BCUT2D eigenvalue weighted by atomic mass is 9.76. The molecule has 5 nitrogen and oxygen atoms in total. The number of benzene rings is 2. The molecule has 0 amide bonds. The Morgan fingerprint density at radius 1 is 1.00 bits per heavy atom. The van der Waals surface area contributed by atoms with Crippen LogP contribution in [0.15, 0.2) is 60.7 Å². The lowest BCUT2D eigenvalue weighted by Gasteiger charge is -2.29. The molecule has 0 bridgehead atoms. The first-order valence-corrected chi connectivity index (χ1v) is 10.3. The number of hydrogen-bond donors (Lipinski definition) is 0. The standard InChI is InChI=1S/C25H28O5/c1-4-28-23(26)25(24(27)29-5-2)17-21(16-13-19-9-7-6-8-10-19)30-22(25)20-14-11-18(3)12-15-20/h6-16,21-22H,4-5,17H2,1-3H3. The molecule has 2 atom stereocenters. The summed E-state index contributed by atoms with van der Waals surface area (Å²) in [6.45, 7) is 5.77. The van der Waals surface area contributed by atoms with Crippen molar-refractivity contribution in [1.29, 1.82) is 0 Å². The Hall–Kier alpha value is -2.92. The highest BCUT2D eigenvalue weighted by atomic mass is 16.6. The summed E-state index contributed by atoms with van der Waals surface area (Å²) in [5.41, 5.74) is 1.29. The average Bonchev–Trinajstić information content (AvgIpc) is 3.15. The number of esters is 2. The summed E-state index contributed by atoms with van der Waals surface area (Å²) in [4.78, 5) is 26.3. The van der Waals surface area contributed by atoms with Gasteiger partial charge in [0.15, 0.2) is 5.41 Å². The highest BCUT2D eigenvalue weighted by molar-refractivity contribution is 6.01. The molecule has 5 heteroatoms. The maximum absolute atomic E-state index is 13.1. The number of ether oxygens (including phenoxy) is 3. The maximum Gasteiger partial charge on any atom is 0.326 e. The average molecular weight is 408 g/mol. The molecule has 2 unspecified atom stereocenters. The molecule has 2 aromatic carbocycles. The highest BCUT2D eigenvalue weighted by Gasteiger charge is 2.61. The van der Waals surface area contributed by atoms with Gasteiger partial charge in [-0.1, -0.05) is 72.3 Å². The Labute approximate surface area is 177 Å². The van der Waals surface area contributed by atoms with Crippen molar-refractivity contribution < 1.29 is 23.8 Å². The van der Waals surface area contributed by atoms with Crippen molar-refractivity contribution in [2.24, 2.45) is 5.41 Å². The molecule has 3 rings (SSSR count). The molecule has 1 aliphatic heterocycles. The SMILES string of the molecule is CCOC(=O)C1(C(=O)OCC)CC(C=Cc2ccccc2)OC1c1ccc(C)cc1. The Balaban J connectivity index is 2.01. The molecular weight excluding hydrogens is 380 g/mol. The van der Waals surface area contributed by atoms with Crippen LogP contribution in [0.1, 0.15) is 43.1 Å².